The Labute approximate surface area is 120 Å². The van der Waals surface area contributed by atoms with E-state index in [1.807, 2.05) is 11.9 Å². The normalized spacial score (nSPS) is 22.0. The first-order chi connectivity index (χ1) is 9.49. The third-order valence-corrected chi connectivity index (χ3v) is 4.64. The molecule has 0 aliphatic carbocycles. The van der Waals surface area contributed by atoms with Crippen molar-refractivity contribution in [1.82, 2.24) is 4.90 Å². The van der Waals surface area contributed by atoms with Crippen LogP contribution in [0.25, 0.3) is 0 Å². The standard InChI is InChI=1S/C13H23N2O4P/c1-5-12-9-11(7-6-8-16)10-13(15(12)2)14-20(17,18-3)19-4/h5,9,12,16H,1,6-8,10H2,2-4H3/b14-13-. The maximum atomic E-state index is 12.1. The Bertz CT molecular complexity index is 440. The van der Waals surface area contributed by atoms with Gasteiger partial charge in [0.25, 0.3) is 0 Å². The maximum Gasteiger partial charge on any atom is 0.454 e. The summed E-state index contributed by atoms with van der Waals surface area (Å²) in [5.41, 5.74) is 1.14. The molecule has 1 unspecified atom stereocenters. The molecule has 0 saturated carbocycles. The van der Waals surface area contributed by atoms with Crippen LogP contribution in [0.4, 0.5) is 0 Å². The molecule has 1 aliphatic heterocycles. The van der Waals surface area contributed by atoms with E-state index in [1.165, 1.54) is 14.2 Å². The number of rotatable bonds is 7. The zero-order valence-electron chi connectivity index (χ0n) is 12.3. The van der Waals surface area contributed by atoms with Gasteiger partial charge in [0.2, 0.25) is 0 Å². The van der Waals surface area contributed by atoms with Crippen molar-refractivity contribution in [3.8, 4) is 0 Å². The van der Waals surface area contributed by atoms with Crippen LogP contribution in [0.3, 0.4) is 0 Å². The summed E-state index contributed by atoms with van der Waals surface area (Å²) >= 11 is 0. The Kier molecular flexibility index (Phi) is 6.62. The molecule has 1 rings (SSSR count). The zero-order valence-corrected chi connectivity index (χ0v) is 13.2. The van der Waals surface area contributed by atoms with Gasteiger partial charge < -0.3 is 10.0 Å². The van der Waals surface area contributed by atoms with E-state index in [0.717, 1.165) is 12.0 Å². The van der Waals surface area contributed by atoms with Gasteiger partial charge in [-0.2, -0.15) is 4.76 Å². The van der Waals surface area contributed by atoms with Crippen molar-refractivity contribution in [2.75, 3.05) is 27.9 Å². The maximum absolute atomic E-state index is 12.1. The molecule has 0 saturated heterocycles. The molecule has 0 amide bonds. The summed E-state index contributed by atoms with van der Waals surface area (Å²) in [5, 5.41) is 8.93. The summed E-state index contributed by atoms with van der Waals surface area (Å²) in [6, 6.07) is -0.0154. The fourth-order valence-electron chi connectivity index (χ4n) is 2.02. The Balaban J connectivity index is 3.03. The lowest BCUT2D eigenvalue weighted by Crippen LogP contribution is -2.38. The molecule has 1 heterocycles. The zero-order chi connectivity index (χ0) is 15.2. The number of likely N-dealkylation sites (N-methyl/N-ethyl adjacent to an activating group) is 1. The van der Waals surface area contributed by atoms with E-state index in [0.29, 0.717) is 18.7 Å². The van der Waals surface area contributed by atoms with E-state index < -0.39 is 7.75 Å². The van der Waals surface area contributed by atoms with Gasteiger partial charge in [0.15, 0.2) is 0 Å². The lowest BCUT2D eigenvalue weighted by Gasteiger charge is -2.32. The van der Waals surface area contributed by atoms with Crippen LogP contribution < -0.4 is 0 Å². The number of amidine groups is 1. The third-order valence-electron chi connectivity index (χ3n) is 3.24. The van der Waals surface area contributed by atoms with Crippen molar-refractivity contribution >= 4 is 13.6 Å². The highest BCUT2D eigenvalue weighted by Crippen LogP contribution is 2.49. The highest BCUT2D eigenvalue weighted by atomic mass is 31.2. The fourth-order valence-corrected chi connectivity index (χ4v) is 2.83. The number of hydrogen-bond acceptors (Lipinski definition) is 4. The van der Waals surface area contributed by atoms with Crippen LogP contribution in [-0.4, -0.2) is 49.8 Å². The molecule has 1 N–H and O–H groups in total. The molecule has 1 atom stereocenters. The highest BCUT2D eigenvalue weighted by Gasteiger charge is 2.27. The van der Waals surface area contributed by atoms with Gasteiger partial charge >= 0.3 is 7.75 Å². The summed E-state index contributed by atoms with van der Waals surface area (Å²) in [6.07, 6.45) is 5.92. The van der Waals surface area contributed by atoms with Crippen molar-refractivity contribution in [3.63, 3.8) is 0 Å². The molecular weight excluding hydrogens is 279 g/mol. The van der Waals surface area contributed by atoms with Crippen LogP contribution >= 0.6 is 7.75 Å². The minimum absolute atomic E-state index is 0.0154. The van der Waals surface area contributed by atoms with Crippen LogP contribution in [0.15, 0.2) is 29.1 Å². The monoisotopic (exact) mass is 302 g/mol. The first-order valence-corrected chi connectivity index (χ1v) is 7.95. The Morgan fingerprint density at radius 1 is 1.60 bits per heavy atom. The first kappa shape index (κ1) is 17.1. The second-order valence-electron chi connectivity index (χ2n) is 4.52. The SMILES string of the molecule is C=CC1C=C(CCCO)C/C(=N/P(=O)(OC)OC)N1C. The molecule has 1 aliphatic rings. The lowest BCUT2D eigenvalue weighted by atomic mass is 9.98. The largest absolute Gasteiger partial charge is 0.454 e. The van der Waals surface area contributed by atoms with Crippen molar-refractivity contribution in [3.05, 3.63) is 24.3 Å². The summed E-state index contributed by atoms with van der Waals surface area (Å²) in [6.45, 7) is 3.94. The van der Waals surface area contributed by atoms with Crippen LogP contribution in [0.5, 0.6) is 0 Å². The predicted molar refractivity (Wildman–Crippen MR) is 79.8 cm³/mol. The van der Waals surface area contributed by atoms with Crippen LogP contribution in [0.2, 0.25) is 0 Å². The Morgan fingerprint density at radius 3 is 2.75 bits per heavy atom. The van der Waals surface area contributed by atoms with Gasteiger partial charge in [0, 0.05) is 34.3 Å². The molecule has 0 spiro atoms. The average molecular weight is 302 g/mol. The quantitative estimate of drug-likeness (QED) is 0.577. The van der Waals surface area contributed by atoms with Crippen molar-refractivity contribution in [2.24, 2.45) is 4.76 Å². The molecule has 20 heavy (non-hydrogen) atoms. The molecule has 0 aromatic heterocycles. The number of aliphatic hydroxyl groups is 1. The molecule has 7 heteroatoms. The third kappa shape index (κ3) is 4.28. The molecule has 114 valence electrons. The second-order valence-corrected chi connectivity index (χ2v) is 6.38. The van der Waals surface area contributed by atoms with Gasteiger partial charge in [-0.3, -0.25) is 9.05 Å². The van der Waals surface area contributed by atoms with Gasteiger partial charge in [-0.05, 0) is 12.8 Å². The van der Waals surface area contributed by atoms with E-state index in [-0.39, 0.29) is 12.6 Å². The van der Waals surface area contributed by atoms with Gasteiger partial charge in [0.1, 0.15) is 5.84 Å². The van der Waals surface area contributed by atoms with Crippen molar-refractivity contribution in [1.29, 1.82) is 0 Å². The summed E-state index contributed by atoms with van der Waals surface area (Å²) in [7, 11) is 1.04. The van der Waals surface area contributed by atoms with Crippen LogP contribution in [0, 0.1) is 0 Å². The van der Waals surface area contributed by atoms with Crippen LogP contribution in [0.1, 0.15) is 19.3 Å². The van der Waals surface area contributed by atoms with E-state index in [1.54, 1.807) is 6.08 Å². The second kappa shape index (κ2) is 7.74. The van der Waals surface area contributed by atoms with E-state index in [2.05, 4.69) is 17.4 Å². The van der Waals surface area contributed by atoms with Crippen LogP contribution in [-0.2, 0) is 13.6 Å². The molecule has 0 aromatic carbocycles. The summed E-state index contributed by atoms with van der Waals surface area (Å²) in [5.74, 6) is 0.636. The van der Waals surface area contributed by atoms with E-state index >= 15 is 0 Å². The summed E-state index contributed by atoms with van der Waals surface area (Å²) < 4.78 is 26.0. The number of nitrogens with zero attached hydrogens (tertiary/aromatic N) is 2. The molecule has 0 fully saturated rings. The molecule has 0 aromatic rings. The topological polar surface area (TPSA) is 71.4 Å². The molecule has 6 nitrogen and oxygen atoms in total. The minimum atomic E-state index is -3.44. The Morgan fingerprint density at radius 2 is 2.25 bits per heavy atom. The van der Waals surface area contributed by atoms with Gasteiger partial charge in [0.05, 0.1) is 6.04 Å². The predicted octanol–water partition coefficient (Wildman–Crippen LogP) is 2.37. The van der Waals surface area contributed by atoms with Gasteiger partial charge in [-0.25, -0.2) is 4.57 Å². The Hall–Kier alpha value is -0.940. The first-order valence-electron chi connectivity index (χ1n) is 6.46. The summed E-state index contributed by atoms with van der Waals surface area (Å²) in [4.78, 5) is 1.89. The van der Waals surface area contributed by atoms with Crippen molar-refractivity contribution < 1.29 is 18.7 Å². The average Bonchev–Trinajstić information content (AvgIpc) is 2.47. The van der Waals surface area contributed by atoms with E-state index in [4.69, 9.17) is 14.2 Å². The fraction of sp³-hybridized carbons (Fsp3) is 0.615. The molecule has 0 bridgehead atoms. The van der Waals surface area contributed by atoms with E-state index in [9.17, 15) is 4.57 Å². The molecule has 0 radical (unpaired) electrons. The number of hydrogen-bond donors (Lipinski definition) is 1. The number of aliphatic hydroxyl groups excluding tert-OH is 1. The van der Waals surface area contributed by atoms with Gasteiger partial charge in [-0.1, -0.05) is 17.7 Å². The van der Waals surface area contributed by atoms with Crippen molar-refractivity contribution in [2.45, 2.75) is 25.3 Å². The lowest BCUT2D eigenvalue weighted by molar-refractivity contribution is 0.276. The molecular formula is C13H23N2O4P. The minimum Gasteiger partial charge on any atom is -0.396 e. The highest BCUT2D eigenvalue weighted by molar-refractivity contribution is 7.52. The smallest absolute Gasteiger partial charge is 0.396 e. The van der Waals surface area contributed by atoms with Gasteiger partial charge in [-0.15, -0.1) is 6.58 Å².